The molecule has 49 heavy (non-hydrogen) atoms. The highest BCUT2D eigenvalue weighted by atomic mass is 32.1. The van der Waals surface area contributed by atoms with E-state index in [-0.39, 0.29) is 0 Å². The number of rotatable bonds is 4. The summed E-state index contributed by atoms with van der Waals surface area (Å²) in [6, 6.07) is 58.0. The summed E-state index contributed by atoms with van der Waals surface area (Å²) in [6.45, 7) is 0. The molecule has 0 bridgehead atoms. The predicted octanol–water partition coefficient (Wildman–Crippen LogP) is 12.4. The van der Waals surface area contributed by atoms with Gasteiger partial charge in [0.2, 0.25) is 0 Å². The van der Waals surface area contributed by atoms with E-state index in [1.165, 1.54) is 63.6 Å². The van der Waals surface area contributed by atoms with Crippen molar-refractivity contribution in [2.45, 2.75) is 0 Å². The first kappa shape index (κ1) is 27.8. The van der Waals surface area contributed by atoms with E-state index < -0.39 is 0 Å². The molecule has 0 aliphatic heterocycles. The van der Waals surface area contributed by atoms with Crippen LogP contribution in [0.3, 0.4) is 0 Å². The quantitative estimate of drug-likeness (QED) is 0.180. The van der Waals surface area contributed by atoms with Crippen molar-refractivity contribution in [1.82, 2.24) is 15.0 Å². The Morgan fingerprint density at radius 1 is 0.306 bits per heavy atom. The summed E-state index contributed by atoms with van der Waals surface area (Å²) in [5.41, 5.74) is 5.37. The third-order valence-corrected chi connectivity index (χ3v) is 10.7. The number of fused-ring (bicyclic) bond motifs is 9. The van der Waals surface area contributed by atoms with Gasteiger partial charge < -0.3 is 0 Å². The molecule has 0 aliphatic rings. The van der Waals surface area contributed by atoms with Gasteiger partial charge in [-0.25, -0.2) is 15.0 Å². The molecule has 0 spiro atoms. The van der Waals surface area contributed by atoms with E-state index in [9.17, 15) is 0 Å². The van der Waals surface area contributed by atoms with Crippen LogP contribution in [-0.2, 0) is 0 Å². The molecule has 2 aromatic heterocycles. The normalized spacial score (nSPS) is 11.7. The summed E-state index contributed by atoms with van der Waals surface area (Å²) in [7, 11) is 0. The molecule has 0 saturated carbocycles. The van der Waals surface area contributed by atoms with Crippen LogP contribution in [0.15, 0.2) is 164 Å². The van der Waals surface area contributed by atoms with E-state index in [1.807, 2.05) is 72.0 Å². The van der Waals surface area contributed by atoms with Gasteiger partial charge in [-0.15, -0.1) is 11.3 Å². The van der Waals surface area contributed by atoms with Crippen molar-refractivity contribution in [3.8, 4) is 45.3 Å². The number of nitrogens with zero attached hydrogens (tertiary/aromatic N) is 3. The van der Waals surface area contributed by atoms with Gasteiger partial charge in [0.1, 0.15) is 0 Å². The molecule has 0 saturated heterocycles. The number of aromatic nitrogens is 3. The molecule has 8 aromatic carbocycles. The van der Waals surface area contributed by atoms with Crippen molar-refractivity contribution < 1.29 is 0 Å². The molecule has 228 valence electrons. The zero-order chi connectivity index (χ0) is 32.3. The molecular weight excluding hydrogens is 615 g/mol. The predicted molar refractivity (Wildman–Crippen MR) is 207 cm³/mol. The maximum absolute atomic E-state index is 4.99. The second-order valence-corrected chi connectivity index (χ2v) is 13.4. The van der Waals surface area contributed by atoms with E-state index in [0.717, 1.165) is 16.7 Å². The Hall–Kier alpha value is -6.23. The fourth-order valence-corrected chi connectivity index (χ4v) is 8.40. The Balaban J connectivity index is 1.14. The van der Waals surface area contributed by atoms with Crippen molar-refractivity contribution in [2.24, 2.45) is 0 Å². The molecule has 0 aliphatic carbocycles. The van der Waals surface area contributed by atoms with Crippen molar-refractivity contribution in [1.29, 1.82) is 0 Å². The lowest BCUT2D eigenvalue weighted by Gasteiger charge is -2.12. The zero-order valence-electron chi connectivity index (χ0n) is 26.3. The van der Waals surface area contributed by atoms with Gasteiger partial charge in [-0.05, 0) is 67.7 Å². The maximum Gasteiger partial charge on any atom is 0.164 e. The van der Waals surface area contributed by atoms with Gasteiger partial charge in [0.15, 0.2) is 17.5 Å². The highest BCUT2D eigenvalue weighted by molar-refractivity contribution is 7.26. The lowest BCUT2D eigenvalue weighted by atomic mass is 9.92. The summed E-state index contributed by atoms with van der Waals surface area (Å²) in [5, 5.41) is 10.2. The highest BCUT2D eigenvalue weighted by Crippen LogP contribution is 2.43. The van der Waals surface area contributed by atoms with E-state index in [2.05, 4.69) is 103 Å². The number of hydrogen-bond acceptors (Lipinski definition) is 4. The molecule has 0 N–H and O–H groups in total. The fraction of sp³-hybridized carbons (Fsp3) is 0. The molecule has 10 aromatic rings. The summed E-state index contributed by atoms with van der Waals surface area (Å²) >= 11 is 1.85. The van der Waals surface area contributed by atoms with Crippen LogP contribution in [0.2, 0.25) is 0 Å². The third-order valence-electron chi connectivity index (χ3n) is 9.51. The summed E-state index contributed by atoms with van der Waals surface area (Å²) in [6.07, 6.45) is 0. The highest BCUT2D eigenvalue weighted by Gasteiger charge is 2.16. The third kappa shape index (κ3) is 4.61. The zero-order valence-corrected chi connectivity index (χ0v) is 27.2. The Labute approximate surface area is 286 Å². The lowest BCUT2D eigenvalue weighted by Crippen LogP contribution is -2.00. The summed E-state index contributed by atoms with van der Waals surface area (Å²) in [5.74, 6) is 2.00. The van der Waals surface area contributed by atoms with Crippen molar-refractivity contribution >= 4 is 63.8 Å². The van der Waals surface area contributed by atoms with Crippen LogP contribution < -0.4 is 0 Å². The van der Waals surface area contributed by atoms with E-state index >= 15 is 0 Å². The average molecular weight is 642 g/mol. The van der Waals surface area contributed by atoms with Gasteiger partial charge in [0, 0.05) is 36.9 Å². The summed E-state index contributed by atoms with van der Waals surface area (Å²) < 4.78 is 2.52. The molecule has 4 heteroatoms. The van der Waals surface area contributed by atoms with E-state index in [0.29, 0.717) is 17.5 Å². The minimum Gasteiger partial charge on any atom is -0.208 e. The molecule has 0 fully saturated rings. The van der Waals surface area contributed by atoms with Crippen molar-refractivity contribution in [3.05, 3.63) is 164 Å². The first-order valence-corrected chi connectivity index (χ1v) is 17.3. The summed E-state index contributed by atoms with van der Waals surface area (Å²) in [4.78, 5) is 14.9. The smallest absolute Gasteiger partial charge is 0.164 e. The number of thiophene rings is 1. The molecule has 0 radical (unpaired) electrons. The Bertz CT molecular complexity index is 2780. The minimum atomic E-state index is 0.665. The Morgan fingerprint density at radius 2 is 0.776 bits per heavy atom. The Morgan fingerprint density at radius 3 is 1.39 bits per heavy atom. The van der Waals surface area contributed by atoms with Crippen LogP contribution in [0.1, 0.15) is 0 Å². The van der Waals surface area contributed by atoms with Gasteiger partial charge >= 0.3 is 0 Å². The van der Waals surface area contributed by atoms with Gasteiger partial charge in [0.25, 0.3) is 0 Å². The van der Waals surface area contributed by atoms with Crippen molar-refractivity contribution in [3.63, 3.8) is 0 Å². The minimum absolute atomic E-state index is 0.665. The van der Waals surface area contributed by atoms with E-state index in [1.54, 1.807) is 0 Å². The second kappa shape index (κ2) is 11.2. The second-order valence-electron chi connectivity index (χ2n) is 12.4. The molecule has 0 unspecified atom stereocenters. The van der Waals surface area contributed by atoms with E-state index in [4.69, 9.17) is 15.0 Å². The first-order valence-electron chi connectivity index (χ1n) is 16.4. The molecule has 0 atom stereocenters. The molecule has 0 amide bonds. The van der Waals surface area contributed by atoms with Crippen LogP contribution in [0.25, 0.3) is 97.8 Å². The van der Waals surface area contributed by atoms with Gasteiger partial charge in [-0.1, -0.05) is 140 Å². The SMILES string of the molecule is c1ccc(-c2nc(-c3ccccc3)nc(-c3ccc4sc5c(-c6ccc7c8ccccc8c8ccccc8c7c6)cccc5c4c3)n2)cc1. The largest absolute Gasteiger partial charge is 0.208 e. The fourth-order valence-electron chi connectivity index (χ4n) is 7.18. The average Bonchev–Trinajstić information content (AvgIpc) is 3.57. The maximum atomic E-state index is 4.99. The van der Waals surface area contributed by atoms with Crippen LogP contribution in [-0.4, -0.2) is 15.0 Å². The van der Waals surface area contributed by atoms with Crippen LogP contribution in [0, 0.1) is 0 Å². The lowest BCUT2D eigenvalue weighted by molar-refractivity contribution is 1.07. The van der Waals surface area contributed by atoms with Crippen LogP contribution >= 0.6 is 11.3 Å². The molecule has 2 heterocycles. The molecule has 3 nitrogen and oxygen atoms in total. The number of benzene rings is 8. The van der Waals surface area contributed by atoms with Crippen LogP contribution in [0.5, 0.6) is 0 Å². The number of hydrogen-bond donors (Lipinski definition) is 0. The first-order chi connectivity index (χ1) is 24.3. The topological polar surface area (TPSA) is 38.7 Å². The molecule has 10 rings (SSSR count). The standard InChI is InChI=1S/C45H27N3S/c1-3-12-28(13-4-1)43-46-44(29-14-5-2-6-15-29)48-45(47-43)31-23-25-41-40(27-31)38-21-11-20-32(42(38)49-41)30-22-24-37-35-18-8-7-16-33(35)34-17-9-10-19-36(34)39(37)26-30/h1-27H. The van der Waals surface area contributed by atoms with Gasteiger partial charge in [-0.2, -0.15) is 0 Å². The monoisotopic (exact) mass is 641 g/mol. The van der Waals surface area contributed by atoms with Gasteiger partial charge in [-0.3, -0.25) is 0 Å². The van der Waals surface area contributed by atoms with Crippen LogP contribution in [0.4, 0.5) is 0 Å². The van der Waals surface area contributed by atoms with Gasteiger partial charge in [0.05, 0.1) is 0 Å². The molecular formula is C45H27N3S. The van der Waals surface area contributed by atoms with Crippen molar-refractivity contribution in [2.75, 3.05) is 0 Å². The Kier molecular flexibility index (Phi) is 6.36.